The van der Waals surface area contributed by atoms with Gasteiger partial charge < -0.3 is 15.7 Å². The number of rotatable bonds is 5. The maximum Gasteiger partial charge on any atom is 0.307 e. The predicted octanol–water partition coefficient (Wildman–Crippen LogP) is -0.262. The molecular formula is C12H18N2O4. The van der Waals surface area contributed by atoms with Crippen LogP contribution in [0.5, 0.6) is 0 Å². The van der Waals surface area contributed by atoms with Gasteiger partial charge in [-0.1, -0.05) is 13.8 Å². The van der Waals surface area contributed by atoms with Crippen LogP contribution >= 0.6 is 0 Å². The second-order valence-electron chi connectivity index (χ2n) is 5.67. The molecule has 0 spiro atoms. The second-order valence-corrected chi connectivity index (χ2v) is 5.67. The van der Waals surface area contributed by atoms with Gasteiger partial charge in [-0.25, -0.2) is 0 Å². The number of hydrogen-bond acceptors (Lipinski definition) is 3. The first kappa shape index (κ1) is 12.9. The molecule has 18 heavy (non-hydrogen) atoms. The van der Waals surface area contributed by atoms with Gasteiger partial charge in [-0.3, -0.25) is 14.4 Å². The summed E-state index contributed by atoms with van der Waals surface area (Å²) in [6, 6.07) is 0.263. The monoisotopic (exact) mass is 254 g/mol. The Hall–Kier alpha value is -1.59. The first-order valence-corrected chi connectivity index (χ1v) is 6.14. The molecular weight excluding hydrogens is 236 g/mol. The van der Waals surface area contributed by atoms with E-state index >= 15 is 0 Å². The van der Waals surface area contributed by atoms with Crippen LogP contribution < -0.4 is 10.6 Å². The molecule has 6 heteroatoms. The summed E-state index contributed by atoms with van der Waals surface area (Å²) >= 11 is 0. The highest BCUT2D eigenvalue weighted by atomic mass is 16.4. The fourth-order valence-electron chi connectivity index (χ4n) is 2.37. The van der Waals surface area contributed by atoms with Crippen molar-refractivity contribution in [1.82, 2.24) is 10.6 Å². The van der Waals surface area contributed by atoms with Crippen molar-refractivity contribution >= 4 is 17.8 Å². The minimum absolute atomic E-state index is 0.0751. The summed E-state index contributed by atoms with van der Waals surface area (Å²) in [5, 5.41) is 14.2. The van der Waals surface area contributed by atoms with Crippen molar-refractivity contribution in [3.63, 3.8) is 0 Å². The second kappa shape index (κ2) is 4.26. The van der Waals surface area contributed by atoms with E-state index in [0.29, 0.717) is 0 Å². The Morgan fingerprint density at radius 2 is 1.83 bits per heavy atom. The van der Waals surface area contributed by atoms with Crippen molar-refractivity contribution in [3.8, 4) is 0 Å². The number of aliphatic carboxylic acids is 1. The average Bonchev–Trinajstić information content (AvgIpc) is 3.12. The molecule has 2 rings (SSSR count). The lowest BCUT2D eigenvalue weighted by atomic mass is 10.1. The van der Waals surface area contributed by atoms with Crippen LogP contribution in [0.1, 0.15) is 26.7 Å². The van der Waals surface area contributed by atoms with Crippen LogP contribution in [0.25, 0.3) is 0 Å². The molecule has 2 atom stereocenters. The van der Waals surface area contributed by atoms with E-state index < -0.39 is 23.2 Å². The van der Waals surface area contributed by atoms with E-state index in [4.69, 9.17) is 5.11 Å². The third kappa shape index (κ3) is 2.47. The first-order valence-electron chi connectivity index (χ1n) is 6.14. The Balaban J connectivity index is 1.78. The highest BCUT2D eigenvalue weighted by Gasteiger charge is 2.65. The van der Waals surface area contributed by atoms with E-state index in [1.807, 2.05) is 0 Å². The molecule has 100 valence electrons. The number of carbonyl (C=O) groups excluding carboxylic acids is 2. The van der Waals surface area contributed by atoms with Gasteiger partial charge in [0.1, 0.15) is 0 Å². The minimum Gasteiger partial charge on any atom is -0.481 e. The number of carbonyl (C=O) groups is 3. The number of nitrogens with one attached hydrogen (secondary N) is 2. The fraction of sp³-hybridized carbons (Fsp3) is 0.750. The molecule has 0 aromatic rings. The van der Waals surface area contributed by atoms with Gasteiger partial charge in [-0.05, 0) is 18.3 Å². The average molecular weight is 254 g/mol. The molecule has 2 unspecified atom stereocenters. The van der Waals surface area contributed by atoms with Crippen LogP contribution in [0, 0.1) is 17.3 Å². The molecule has 0 radical (unpaired) electrons. The zero-order chi connectivity index (χ0) is 13.5. The fourth-order valence-corrected chi connectivity index (χ4v) is 2.37. The number of amides is 2. The van der Waals surface area contributed by atoms with Crippen molar-refractivity contribution in [2.24, 2.45) is 17.3 Å². The predicted molar refractivity (Wildman–Crippen MR) is 62.6 cm³/mol. The normalized spacial score (nSPS) is 28.3. The van der Waals surface area contributed by atoms with Gasteiger partial charge in [0.25, 0.3) is 0 Å². The van der Waals surface area contributed by atoms with Gasteiger partial charge in [0.15, 0.2) is 0 Å². The summed E-state index contributed by atoms with van der Waals surface area (Å²) in [4.78, 5) is 34.1. The van der Waals surface area contributed by atoms with E-state index in [2.05, 4.69) is 10.6 Å². The maximum atomic E-state index is 11.8. The molecule has 0 heterocycles. The lowest BCUT2D eigenvalue weighted by molar-refractivity contribution is -0.140. The Morgan fingerprint density at radius 1 is 1.22 bits per heavy atom. The Kier molecular flexibility index (Phi) is 3.04. The molecule has 0 aliphatic heterocycles. The van der Waals surface area contributed by atoms with Gasteiger partial charge >= 0.3 is 5.97 Å². The van der Waals surface area contributed by atoms with E-state index in [9.17, 15) is 14.4 Å². The maximum absolute atomic E-state index is 11.8. The molecule has 2 aliphatic carbocycles. The summed E-state index contributed by atoms with van der Waals surface area (Å²) < 4.78 is 0. The number of carboxylic acid groups (broad SMARTS) is 1. The van der Waals surface area contributed by atoms with Gasteiger partial charge in [0, 0.05) is 6.04 Å². The van der Waals surface area contributed by atoms with Crippen molar-refractivity contribution in [1.29, 1.82) is 0 Å². The zero-order valence-electron chi connectivity index (χ0n) is 10.5. The van der Waals surface area contributed by atoms with Gasteiger partial charge in [0.2, 0.25) is 11.8 Å². The Bertz CT molecular complexity index is 401. The number of carboxylic acids is 1. The molecule has 3 N–H and O–H groups in total. The third-order valence-electron chi connectivity index (χ3n) is 3.74. The van der Waals surface area contributed by atoms with E-state index in [1.165, 1.54) is 0 Å². The lowest BCUT2D eigenvalue weighted by Gasteiger charge is -2.06. The lowest BCUT2D eigenvalue weighted by Crippen LogP contribution is -2.39. The Labute approximate surface area is 105 Å². The van der Waals surface area contributed by atoms with Crippen LogP contribution in [-0.4, -0.2) is 35.5 Å². The molecule has 2 aliphatic rings. The van der Waals surface area contributed by atoms with Crippen LogP contribution in [0.4, 0.5) is 0 Å². The smallest absolute Gasteiger partial charge is 0.307 e. The quantitative estimate of drug-likeness (QED) is 0.629. The van der Waals surface area contributed by atoms with E-state index in [0.717, 1.165) is 12.8 Å². The SMILES string of the molecule is CC1(C)C(C(=O)O)C1C(=O)NCC(=O)NC1CC1. The summed E-state index contributed by atoms with van der Waals surface area (Å²) in [7, 11) is 0. The first-order chi connectivity index (χ1) is 8.34. The third-order valence-corrected chi connectivity index (χ3v) is 3.74. The van der Waals surface area contributed by atoms with Crippen molar-refractivity contribution in [2.75, 3.05) is 6.54 Å². The topological polar surface area (TPSA) is 95.5 Å². The zero-order valence-corrected chi connectivity index (χ0v) is 10.5. The van der Waals surface area contributed by atoms with Crippen molar-refractivity contribution < 1.29 is 19.5 Å². The summed E-state index contributed by atoms with van der Waals surface area (Å²) in [6.07, 6.45) is 1.99. The van der Waals surface area contributed by atoms with Crippen molar-refractivity contribution in [3.05, 3.63) is 0 Å². The molecule has 0 bridgehead atoms. The van der Waals surface area contributed by atoms with Crippen LogP contribution in [0.15, 0.2) is 0 Å². The largest absolute Gasteiger partial charge is 0.481 e. The number of hydrogen-bond donors (Lipinski definition) is 3. The van der Waals surface area contributed by atoms with Gasteiger partial charge in [-0.15, -0.1) is 0 Å². The minimum atomic E-state index is -0.956. The molecule has 2 amide bonds. The van der Waals surface area contributed by atoms with Crippen molar-refractivity contribution in [2.45, 2.75) is 32.7 Å². The summed E-state index contributed by atoms with van der Waals surface area (Å²) in [6.45, 7) is 3.43. The van der Waals surface area contributed by atoms with Gasteiger partial charge in [0.05, 0.1) is 18.4 Å². The molecule has 6 nitrogen and oxygen atoms in total. The highest BCUT2D eigenvalue weighted by Crippen LogP contribution is 2.58. The van der Waals surface area contributed by atoms with E-state index in [-0.39, 0.29) is 24.4 Å². The van der Waals surface area contributed by atoms with E-state index in [1.54, 1.807) is 13.8 Å². The molecule has 0 saturated heterocycles. The standard InChI is InChI=1S/C12H18N2O4/c1-12(2)8(9(12)11(17)18)10(16)13-5-7(15)14-6-3-4-6/h6,8-9H,3-5H2,1-2H3,(H,13,16)(H,14,15)(H,17,18). The summed E-state index contributed by atoms with van der Waals surface area (Å²) in [5.41, 5.74) is -0.525. The molecule has 2 saturated carbocycles. The van der Waals surface area contributed by atoms with Gasteiger partial charge in [-0.2, -0.15) is 0 Å². The molecule has 0 aromatic carbocycles. The van der Waals surface area contributed by atoms with Crippen LogP contribution in [0.2, 0.25) is 0 Å². The molecule has 2 fully saturated rings. The Morgan fingerprint density at radius 3 is 2.28 bits per heavy atom. The van der Waals surface area contributed by atoms with Crippen LogP contribution in [0.3, 0.4) is 0 Å². The molecule has 0 aromatic heterocycles. The highest BCUT2D eigenvalue weighted by molar-refractivity contribution is 5.93. The van der Waals surface area contributed by atoms with Crippen LogP contribution in [-0.2, 0) is 14.4 Å². The summed E-state index contributed by atoms with van der Waals surface area (Å²) in [5.74, 6) is -2.70.